The lowest BCUT2D eigenvalue weighted by Gasteiger charge is -2.55. The molecule has 8 fully saturated rings. The summed E-state index contributed by atoms with van der Waals surface area (Å²) < 4.78 is 0. The number of piperidine rings is 8. The van der Waals surface area contributed by atoms with Gasteiger partial charge in [-0.25, -0.2) is 0 Å². The van der Waals surface area contributed by atoms with Gasteiger partial charge < -0.3 is 20.4 Å². The summed E-state index contributed by atoms with van der Waals surface area (Å²) in [7, 11) is 18.4. The second-order valence-corrected chi connectivity index (χ2v) is 58.0. The van der Waals surface area contributed by atoms with E-state index in [1.165, 1.54) is 0 Å². The highest BCUT2D eigenvalue weighted by atomic mass is 16.8. The topological polar surface area (TPSA) is 252 Å². The lowest BCUT2D eigenvalue weighted by molar-refractivity contribution is -0.272. The van der Waals surface area contributed by atoms with Crippen molar-refractivity contribution in [2.75, 3.05) is 95.6 Å². The van der Waals surface area contributed by atoms with E-state index in [-0.39, 0.29) is 137 Å². The highest BCUT2D eigenvalue weighted by Gasteiger charge is 2.55. The smallest absolute Gasteiger partial charge is 0.142 e. The molecule has 10 N–H and O–H groups in total. The van der Waals surface area contributed by atoms with Gasteiger partial charge in [0, 0.05) is 164 Å². The molecule has 12 heterocycles. The van der Waals surface area contributed by atoms with Gasteiger partial charge in [0.05, 0.1) is 36.5 Å². The van der Waals surface area contributed by atoms with E-state index >= 15 is 0 Å². The van der Waals surface area contributed by atoms with Crippen LogP contribution in [-0.4, -0.2) is 326 Å². The van der Waals surface area contributed by atoms with Crippen LogP contribution in [0.4, 0.5) is 0 Å². The first-order valence-corrected chi connectivity index (χ1v) is 58.2. The van der Waals surface area contributed by atoms with Crippen LogP contribution in [0.25, 0.3) is 0 Å². The summed E-state index contributed by atoms with van der Waals surface area (Å²) in [6.45, 7) is 89.1. The molecule has 850 valence electrons. The molecule has 4 unspecified atom stereocenters. The van der Waals surface area contributed by atoms with Crippen molar-refractivity contribution in [3.05, 3.63) is 47.6 Å². The molecule has 12 rings (SSSR count). The lowest BCUT2D eigenvalue weighted by atomic mass is 9.70. The summed E-state index contributed by atoms with van der Waals surface area (Å²) in [5, 5.41) is 15.5. The number of nitrogens with one attached hydrogen (secondary N) is 10. The fraction of sp³-hybridized carbons (Fsp3) is 0.897. The monoisotopic (exact) mass is 2070 g/mol. The maximum atomic E-state index is 7.51. The molecular weight excluding hydrogens is 1850 g/mol. The normalized spacial score (nSPS) is 29.2. The second kappa shape index (κ2) is 46.0. The van der Waals surface area contributed by atoms with Crippen LogP contribution >= 0.6 is 0 Å². The highest BCUT2D eigenvalue weighted by Crippen LogP contribution is 2.50. The molecule has 4 atom stereocenters. The minimum absolute atomic E-state index is 0.0134. The largest absolute Gasteiger partial charge is 0.368 e. The highest BCUT2D eigenvalue weighted by molar-refractivity contribution is 5.95. The Hall–Kier alpha value is -5.40. The van der Waals surface area contributed by atoms with E-state index in [0.717, 1.165) is 201 Å². The zero-order valence-corrected chi connectivity index (χ0v) is 103. The van der Waals surface area contributed by atoms with E-state index in [1.807, 2.05) is 10.6 Å². The van der Waals surface area contributed by atoms with Crippen molar-refractivity contribution in [2.45, 2.75) is 553 Å². The zero-order chi connectivity index (χ0) is 110. The van der Waals surface area contributed by atoms with Gasteiger partial charge in [0.15, 0.2) is 0 Å². The molecule has 0 bridgehead atoms. The third kappa shape index (κ3) is 29.3. The third-order valence-electron chi connectivity index (χ3n) is 39.3. The van der Waals surface area contributed by atoms with Crippen LogP contribution in [0.2, 0.25) is 0 Å². The van der Waals surface area contributed by atoms with Gasteiger partial charge in [-0.3, -0.25) is 122 Å². The predicted molar refractivity (Wildman–Crippen MR) is 612 cm³/mol. The number of likely N-dealkylation sites (tertiary alicyclic amines) is 8. The Kier molecular flexibility index (Phi) is 37.7. The molecule has 0 amide bonds. The Labute approximate surface area is 902 Å². The molecule has 8 saturated heterocycles. The van der Waals surface area contributed by atoms with E-state index in [4.69, 9.17) is 39.3 Å². The van der Waals surface area contributed by atoms with Crippen LogP contribution in [0.5, 0.6) is 0 Å². The lowest BCUT2D eigenvalue weighted by Crippen LogP contribution is -2.64. The maximum Gasteiger partial charge on any atom is 0.142 e. The second-order valence-electron chi connectivity index (χ2n) is 58.0. The van der Waals surface area contributed by atoms with Crippen LogP contribution in [0.15, 0.2) is 67.6 Å². The van der Waals surface area contributed by atoms with Crippen molar-refractivity contribution in [3.63, 3.8) is 0 Å². The van der Waals surface area contributed by atoms with E-state index in [9.17, 15) is 0 Å². The quantitative estimate of drug-likeness (QED) is 0.0257. The standard InChI is InChI=1S/C116H222N28O4/c1-45-51-89(81-65-101(5,6)131(37)102(7,8)66-81)119-95-61-93(123-141(125-95)145-85-73-109(21,22)135(41)110(23,24)74-85)117-55-49-57-139(99-63-97(121-91(53-47-3)83-69-105(13,14)133(39)106(15,16)70-83)127-143(129-99)147-87-77-113(29,30)137(43)114(31,32)78-87)59-60-140(100-64-98(122-92(54-48-4)84-71-107(17,18)134(40)108(19,20)72-84)128-144(130-100)148-88-79-115(33,34)138(44)116(35,36)80-88)58-50-56-118-94-62-96(120-90(52-46-2)82-67-103(9,10)132(38)104(11,12)68-82)126-142(124-94)146-86-75-111(25,26)136(42)112(27,28)76-86/h61-64,81-92,119-120,125-126,129-130H,45-60,65-80H2,1-44H3,(H,117,123)(H,118,124)(H,121,127)(H,122,128). The number of hydrogen-bond donors (Lipinski definition) is 10. The van der Waals surface area contributed by atoms with Crippen LogP contribution in [0.3, 0.4) is 0 Å². The number of rotatable bonds is 39. The van der Waals surface area contributed by atoms with Gasteiger partial charge in [0.2, 0.25) is 0 Å². The fourth-order valence-corrected chi connectivity index (χ4v) is 29.1. The van der Waals surface area contributed by atoms with Gasteiger partial charge in [-0.2, -0.15) is 0 Å². The van der Waals surface area contributed by atoms with Gasteiger partial charge in [-0.15, -0.1) is 0 Å². The van der Waals surface area contributed by atoms with Crippen LogP contribution in [0, 0.1) is 23.7 Å². The summed E-state index contributed by atoms with van der Waals surface area (Å²) in [5.74, 6) is 8.03. The Bertz CT molecular complexity index is 4220. The van der Waals surface area contributed by atoms with Gasteiger partial charge in [0.25, 0.3) is 0 Å². The Morgan fingerprint density at radius 2 is 0.480 bits per heavy atom. The zero-order valence-electron chi connectivity index (χ0n) is 103. The summed E-state index contributed by atoms with van der Waals surface area (Å²) in [6.07, 6.45) is 33.0. The number of aliphatic imine (C=N–C) groups is 4. The first-order chi connectivity index (χ1) is 68.2. The molecule has 0 spiro atoms. The number of hydrazine groups is 8. The van der Waals surface area contributed by atoms with Crippen LogP contribution < -0.4 is 54.0 Å². The third-order valence-corrected chi connectivity index (χ3v) is 39.3. The van der Waals surface area contributed by atoms with Crippen molar-refractivity contribution in [1.82, 2.24) is 124 Å². The van der Waals surface area contributed by atoms with Crippen molar-refractivity contribution in [3.8, 4) is 0 Å². The minimum Gasteiger partial charge on any atom is -0.368 e. The molecular formula is C116H222N28O4. The predicted octanol–water partition coefficient (Wildman–Crippen LogP) is 18.4. The molecule has 0 radical (unpaired) electrons. The molecule has 32 heteroatoms. The SMILES string of the molecule is CCCC(N=C1C=C(N(CCCN=C2C=C(NC(CCC)C3CC(C)(C)N(C)C(C)(C)C3)NN(OC3CC(C)(C)N(C)C(C)(C)C3)N2)CCN(CCCN=C2C=C(NC(CCC)C3CC(C)(C)N(C)C(C)(C)C3)NN(OC3CC(C)(C)N(C)C(C)(C)C3)N2)C2=CC(=NC(CCC)C3CC(C)(C)N(C)C(C)(C)C3)NN(OC3CC(C)(C)N(C)C(C)(C)C3)N2)NN(OC2CC(C)(C)N(C)C(C)(C)C2)N1)C1CC(C)(C)N(C)C(C)(C)C1. The summed E-state index contributed by atoms with van der Waals surface area (Å²) in [6, 6.07) is 0.462. The summed E-state index contributed by atoms with van der Waals surface area (Å²) in [5.41, 5.74) is 29.4. The van der Waals surface area contributed by atoms with Gasteiger partial charge in [-0.1, -0.05) is 53.4 Å². The van der Waals surface area contributed by atoms with E-state index in [0.29, 0.717) is 75.8 Å². The van der Waals surface area contributed by atoms with Gasteiger partial charge >= 0.3 is 0 Å². The first-order valence-electron chi connectivity index (χ1n) is 58.2. The van der Waals surface area contributed by atoms with Crippen LogP contribution in [-0.2, 0) is 19.4 Å². The first kappa shape index (κ1) is 121. The Morgan fingerprint density at radius 3 is 0.709 bits per heavy atom. The summed E-state index contributed by atoms with van der Waals surface area (Å²) >= 11 is 0. The van der Waals surface area contributed by atoms with E-state index < -0.39 is 0 Å². The van der Waals surface area contributed by atoms with E-state index in [2.05, 4.69) is 433 Å². The fourth-order valence-electron chi connectivity index (χ4n) is 29.1. The van der Waals surface area contributed by atoms with Gasteiger partial charge in [0.1, 0.15) is 46.6 Å². The van der Waals surface area contributed by atoms with E-state index in [1.54, 1.807) is 10.6 Å². The minimum atomic E-state index is -0.157. The molecule has 0 aromatic carbocycles. The van der Waals surface area contributed by atoms with Crippen molar-refractivity contribution < 1.29 is 19.4 Å². The molecule has 12 aliphatic rings. The summed E-state index contributed by atoms with van der Waals surface area (Å²) in [4.78, 5) is 78.4. The van der Waals surface area contributed by atoms with Gasteiger partial charge in [-0.05, 0) is 464 Å². The maximum absolute atomic E-state index is 7.51. The van der Waals surface area contributed by atoms with Crippen LogP contribution in [0.1, 0.15) is 416 Å². The molecule has 0 aromatic rings. The molecule has 148 heavy (non-hydrogen) atoms. The average molecular weight is 2070 g/mol. The molecule has 0 saturated carbocycles. The molecule has 0 aliphatic carbocycles. The Morgan fingerprint density at radius 1 is 0.270 bits per heavy atom. The molecule has 0 aromatic heterocycles. The van der Waals surface area contributed by atoms with Crippen molar-refractivity contribution >= 4 is 23.3 Å². The number of hydrogen-bond acceptors (Lipinski definition) is 28. The molecule has 12 aliphatic heterocycles. The Balaban J connectivity index is 0.993. The number of amidine groups is 4. The van der Waals surface area contributed by atoms with Crippen molar-refractivity contribution in [2.24, 2.45) is 43.6 Å². The average Bonchev–Trinajstić information content (AvgIpc) is 0.770. The number of nitrogens with zero attached hydrogens (tertiary/aromatic N) is 18. The van der Waals surface area contributed by atoms with Crippen molar-refractivity contribution in [1.29, 1.82) is 0 Å². The molecule has 32 nitrogen and oxygen atoms in total.